The number of nitrogens with zero attached hydrogens (tertiary/aromatic N) is 1. The second kappa shape index (κ2) is 9.39. The molecule has 0 aliphatic carbocycles. The van der Waals surface area contributed by atoms with Crippen molar-refractivity contribution in [2.45, 2.75) is 20.0 Å². The number of fused-ring (bicyclic) bond motifs is 2. The summed E-state index contributed by atoms with van der Waals surface area (Å²) in [7, 11) is 0. The number of rotatable bonds is 6. The average Bonchev–Trinajstić information content (AvgIpc) is 2.72. The second-order valence-electron chi connectivity index (χ2n) is 6.65. The first-order valence-electron chi connectivity index (χ1n) is 9.31. The van der Waals surface area contributed by atoms with E-state index >= 15 is 0 Å². The Kier molecular flexibility index (Phi) is 6.92. The molecular formula is C23H24N3NaO. The van der Waals surface area contributed by atoms with Gasteiger partial charge in [-0.2, -0.15) is 0 Å². The smallest absolute Gasteiger partial charge is 1.00 e. The maximum absolute atomic E-state index is 9.66. The van der Waals surface area contributed by atoms with Gasteiger partial charge >= 0.3 is 29.6 Å². The summed E-state index contributed by atoms with van der Waals surface area (Å²) in [5, 5.41) is 18.8. The summed E-state index contributed by atoms with van der Waals surface area (Å²) >= 11 is 0. The van der Waals surface area contributed by atoms with Crippen molar-refractivity contribution >= 4 is 38.9 Å². The van der Waals surface area contributed by atoms with Crippen molar-refractivity contribution in [2.75, 3.05) is 17.2 Å². The number of anilines is 3. The fourth-order valence-corrected chi connectivity index (χ4v) is 3.35. The van der Waals surface area contributed by atoms with Crippen LogP contribution in [-0.2, 0) is 6.61 Å². The molecule has 4 aromatic rings. The Morgan fingerprint density at radius 3 is 2.11 bits per heavy atom. The van der Waals surface area contributed by atoms with Crippen molar-refractivity contribution in [3.8, 4) is 0 Å². The zero-order valence-electron chi connectivity index (χ0n) is 17.4. The molecular weight excluding hydrogens is 357 g/mol. The third-order valence-corrected chi connectivity index (χ3v) is 4.61. The minimum absolute atomic E-state index is 0. The number of pyridine rings is 1. The molecule has 4 rings (SSSR count). The van der Waals surface area contributed by atoms with Gasteiger partial charge in [-0.15, -0.1) is 0 Å². The molecule has 1 heterocycles. The summed E-state index contributed by atoms with van der Waals surface area (Å²) in [4.78, 5) is 4.78. The van der Waals surface area contributed by atoms with Crippen LogP contribution < -0.4 is 40.2 Å². The van der Waals surface area contributed by atoms with Crippen LogP contribution >= 0.6 is 0 Å². The zero-order valence-corrected chi connectivity index (χ0v) is 18.4. The molecule has 0 aliphatic rings. The molecule has 0 fully saturated rings. The summed E-state index contributed by atoms with van der Waals surface area (Å²) in [6.07, 6.45) is 1.05. The van der Waals surface area contributed by atoms with E-state index in [1.54, 1.807) is 0 Å². The SMILES string of the molecule is CCCNc1cc(CO)cc(Nc2c3ccccc3nc3ccccc23)c1.[H-].[Na+]. The molecule has 0 saturated carbocycles. The number of benzene rings is 3. The van der Waals surface area contributed by atoms with Gasteiger partial charge in [0.15, 0.2) is 0 Å². The molecule has 0 bridgehead atoms. The summed E-state index contributed by atoms with van der Waals surface area (Å²) < 4.78 is 0. The van der Waals surface area contributed by atoms with Crippen LogP contribution in [0.3, 0.4) is 0 Å². The van der Waals surface area contributed by atoms with Crippen molar-refractivity contribution in [2.24, 2.45) is 0 Å². The summed E-state index contributed by atoms with van der Waals surface area (Å²) in [6.45, 7) is 3.04. The first kappa shape index (κ1) is 20.6. The first-order chi connectivity index (χ1) is 13.3. The van der Waals surface area contributed by atoms with E-state index in [0.29, 0.717) is 0 Å². The fraction of sp³-hybridized carbons (Fsp3) is 0.174. The van der Waals surface area contributed by atoms with Gasteiger partial charge in [0.1, 0.15) is 0 Å². The predicted molar refractivity (Wildman–Crippen MR) is 115 cm³/mol. The van der Waals surface area contributed by atoms with Gasteiger partial charge in [-0.05, 0) is 42.3 Å². The Bertz CT molecular complexity index is 1050. The van der Waals surface area contributed by atoms with Crippen molar-refractivity contribution in [1.82, 2.24) is 4.98 Å². The van der Waals surface area contributed by atoms with Gasteiger partial charge in [-0.1, -0.05) is 43.3 Å². The Morgan fingerprint density at radius 2 is 1.50 bits per heavy atom. The summed E-state index contributed by atoms with van der Waals surface area (Å²) in [5.41, 5.74) is 5.78. The number of aromatic nitrogens is 1. The van der Waals surface area contributed by atoms with Gasteiger partial charge in [0.2, 0.25) is 0 Å². The standard InChI is InChI=1S/C23H23N3O.Na.H/c1-2-11-24-17-12-16(15-27)13-18(14-17)25-23-19-7-3-5-9-21(19)26-22-10-6-4-8-20(22)23;;/h3-10,12-14,24,27H,2,11,15H2,1H3,(H,25,26);;/q;+1;-1. The quantitative estimate of drug-likeness (QED) is 0.355. The van der Waals surface area contributed by atoms with Crippen LogP contribution in [0.15, 0.2) is 66.7 Å². The topological polar surface area (TPSA) is 57.2 Å². The van der Waals surface area contributed by atoms with E-state index < -0.39 is 0 Å². The maximum atomic E-state index is 9.66. The molecule has 0 amide bonds. The van der Waals surface area contributed by atoms with Crippen molar-refractivity contribution in [1.29, 1.82) is 0 Å². The Morgan fingerprint density at radius 1 is 0.893 bits per heavy atom. The average molecular weight is 381 g/mol. The summed E-state index contributed by atoms with van der Waals surface area (Å²) in [5.74, 6) is 0. The summed E-state index contributed by atoms with van der Waals surface area (Å²) in [6, 6.07) is 22.4. The van der Waals surface area contributed by atoms with Crippen molar-refractivity contribution in [3.63, 3.8) is 0 Å². The third kappa shape index (κ3) is 4.31. The molecule has 0 spiro atoms. The predicted octanol–water partition coefficient (Wildman–Crippen LogP) is 2.56. The normalized spacial score (nSPS) is 10.6. The van der Waals surface area contributed by atoms with E-state index in [2.05, 4.69) is 35.8 Å². The van der Waals surface area contributed by atoms with Gasteiger partial charge in [0.05, 0.1) is 23.3 Å². The third-order valence-electron chi connectivity index (χ3n) is 4.61. The number of nitrogens with one attached hydrogen (secondary N) is 2. The first-order valence-corrected chi connectivity index (χ1v) is 9.31. The Balaban J connectivity index is 0.00000150. The van der Waals surface area contributed by atoms with E-state index in [0.717, 1.165) is 57.4 Å². The van der Waals surface area contributed by atoms with Gasteiger partial charge in [-0.25, -0.2) is 4.98 Å². The van der Waals surface area contributed by atoms with E-state index in [1.165, 1.54) is 0 Å². The molecule has 3 N–H and O–H groups in total. The number of hydrogen-bond donors (Lipinski definition) is 3. The molecule has 0 unspecified atom stereocenters. The maximum Gasteiger partial charge on any atom is 1.00 e. The molecule has 0 aliphatic heterocycles. The van der Waals surface area contributed by atoms with Gasteiger partial charge in [-0.3, -0.25) is 0 Å². The molecule has 0 radical (unpaired) electrons. The van der Waals surface area contributed by atoms with E-state index in [4.69, 9.17) is 4.98 Å². The number of aliphatic hydroxyl groups is 1. The van der Waals surface area contributed by atoms with Gasteiger partial charge < -0.3 is 17.2 Å². The Hall–Kier alpha value is -2.11. The van der Waals surface area contributed by atoms with Gasteiger partial charge in [0, 0.05) is 28.7 Å². The van der Waals surface area contributed by atoms with Crippen molar-refractivity contribution < 1.29 is 36.1 Å². The monoisotopic (exact) mass is 381 g/mol. The minimum atomic E-state index is 0. The largest absolute Gasteiger partial charge is 1.00 e. The molecule has 0 saturated heterocycles. The number of para-hydroxylation sites is 2. The molecule has 5 heteroatoms. The van der Waals surface area contributed by atoms with E-state index in [9.17, 15) is 5.11 Å². The number of aliphatic hydroxyl groups excluding tert-OH is 1. The van der Waals surface area contributed by atoms with Crippen LogP contribution in [0.1, 0.15) is 20.3 Å². The fourth-order valence-electron chi connectivity index (χ4n) is 3.35. The van der Waals surface area contributed by atoms with Crippen molar-refractivity contribution in [3.05, 3.63) is 72.3 Å². The van der Waals surface area contributed by atoms with E-state index in [-0.39, 0.29) is 37.6 Å². The zero-order chi connectivity index (χ0) is 18.6. The van der Waals surface area contributed by atoms with Crippen LogP contribution in [0.2, 0.25) is 0 Å². The second-order valence-corrected chi connectivity index (χ2v) is 6.65. The molecule has 3 aromatic carbocycles. The molecule has 4 nitrogen and oxygen atoms in total. The van der Waals surface area contributed by atoms with Gasteiger partial charge in [0.25, 0.3) is 0 Å². The number of hydrogen-bond acceptors (Lipinski definition) is 4. The van der Waals surface area contributed by atoms with Crippen LogP contribution in [0.25, 0.3) is 21.8 Å². The molecule has 0 atom stereocenters. The van der Waals surface area contributed by atoms with Crippen LogP contribution in [0.4, 0.5) is 17.1 Å². The van der Waals surface area contributed by atoms with Crippen LogP contribution in [0.5, 0.6) is 0 Å². The Labute approximate surface area is 188 Å². The molecule has 1 aromatic heterocycles. The van der Waals surface area contributed by atoms with Crippen LogP contribution in [-0.4, -0.2) is 16.6 Å². The van der Waals surface area contributed by atoms with E-state index in [1.807, 2.05) is 48.5 Å². The minimum Gasteiger partial charge on any atom is -1.00 e. The van der Waals surface area contributed by atoms with Crippen LogP contribution in [0, 0.1) is 0 Å². The molecule has 28 heavy (non-hydrogen) atoms. The molecule has 138 valence electrons.